The highest BCUT2D eigenvalue weighted by molar-refractivity contribution is 5.93. The Balaban J connectivity index is 0.970. The first-order chi connectivity index (χ1) is 30.6. The number of rotatable bonds is 12. The zero-order chi connectivity index (χ0) is 44.0. The van der Waals surface area contributed by atoms with Gasteiger partial charge in [-0.2, -0.15) is 0 Å². The number of aromatic nitrogens is 4. The number of methoxy groups -OCH3 is 2. The van der Waals surface area contributed by atoms with Crippen molar-refractivity contribution in [2.24, 2.45) is 0 Å². The van der Waals surface area contributed by atoms with Gasteiger partial charge in [0.25, 0.3) is 11.8 Å². The molecule has 4 amide bonds. The van der Waals surface area contributed by atoms with Gasteiger partial charge in [0.05, 0.1) is 43.9 Å². The van der Waals surface area contributed by atoms with Crippen molar-refractivity contribution < 1.29 is 38.6 Å². The fourth-order valence-corrected chi connectivity index (χ4v) is 8.42. The number of aromatic amines is 2. The van der Waals surface area contributed by atoms with Gasteiger partial charge in [0.15, 0.2) is 5.69 Å². The predicted molar refractivity (Wildman–Crippen MR) is 231 cm³/mol. The largest absolute Gasteiger partial charge is 0.476 e. The SMILES string of the molecule is COC(=O)NC(C(=O)N1CCC[C@H]1c1ncc(-c2ccc(-c3ccc(-c4[nH]c([C@@H]5CCCN5C(=O)C(NC(=O)OC)c5ccccc5)nc4C(=O)O)cc3)cc2)[nH]1)c1ccccc1. The number of imidazole rings is 2. The number of carboxylic acid groups (broad SMARTS) is 1. The maximum Gasteiger partial charge on any atom is 0.407 e. The van der Waals surface area contributed by atoms with Crippen LogP contribution in [-0.2, 0) is 19.1 Å². The smallest absolute Gasteiger partial charge is 0.407 e. The molecule has 0 aliphatic carbocycles. The van der Waals surface area contributed by atoms with Crippen molar-refractivity contribution in [3.63, 3.8) is 0 Å². The molecule has 5 N–H and O–H groups in total. The van der Waals surface area contributed by atoms with Crippen LogP contribution in [0.4, 0.5) is 9.59 Å². The lowest BCUT2D eigenvalue weighted by Crippen LogP contribution is -2.42. The van der Waals surface area contributed by atoms with E-state index in [2.05, 4.69) is 30.6 Å². The van der Waals surface area contributed by atoms with Gasteiger partial charge in [-0.3, -0.25) is 9.59 Å². The van der Waals surface area contributed by atoms with Gasteiger partial charge in [0, 0.05) is 18.7 Å². The summed E-state index contributed by atoms with van der Waals surface area (Å²) in [7, 11) is 2.49. The van der Waals surface area contributed by atoms with Crippen LogP contribution in [0.1, 0.15) is 83.1 Å². The van der Waals surface area contributed by atoms with E-state index in [-0.39, 0.29) is 23.6 Å². The topological polar surface area (TPSA) is 212 Å². The second-order valence-electron chi connectivity index (χ2n) is 15.3. The first-order valence-corrected chi connectivity index (χ1v) is 20.6. The Morgan fingerprint density at radius 1 is 0.635 bits per heavy atom. The Morgan fingerprint density at radius 2 is 1.10 bits per heavy atom. The molecule has 4 atom stereocenters. The Bertz CT molecular complexity index is 2600. The fourth-order valence-electron chi connectivity index (χ4n) is 8.42. The number of aromatic carboxylic acids is 1. The average molecular weight is 851 g/mol. The van der Waals surface area contributed by atoms with Crippen molar-refractivity contribution in [2.45, 2.75) is 49.9 Å². The molecule has 2 aromatic heterocycles. The van der Waals surface area contributed by atoms with Crippen molar-refractivity contribution in [1.82, 2.24) is 40.4 Å². The van der Waals surface area contributed by atoms with Crippen LogP contribution < -0.4 is 10.6 Å². The van der Waals surface area contributed by atoms with E-state index in [4.69, 9.17) is 9.47 Å². The van der Waals surface area contributed by atoms with Crippen molar-refractivity contribution in [3.05, 3.63) is 144 Å². The fraction of sp³-hybridized carbons (Fsp3) is 0.255. The minimum atomic E-state index is -1.21. The molecule has 2 unspecified atom stereocenters. The van der Waals surface area contributed by atoms with Crippen LogP contribution in [0.2, 0.25) is 0 Å². The molecule has 16 heteroatoms. The number of ether oxygens (including phenoxy) is 2. The summed E-state index contributed by atoms with van der Waals surface area (Å²) in [6, 6.07) is 30.6. The van der Waals surface area contributed by atoms with E-state index in [0.29, 0.717) is 66.4 Å². The summed E-state index contributed by atoms with van der Waals surface area (Å²) in [6.45, 7) is 0.919. The molecular formula is C47H46N8O8. The van der Waals surface area contributed by atoms with E-state index < -0.39 is 36.3 Å². The highest BCUT2D eigenvalue weighted by Gasteiger charge is 2.39. The number of nitrogens with one attached hydrogen (secondary N) is 4. The number of alkyl carbamates (subject to hydrolysis) is 2. The van der Waals surface area contributed by atoms with Crippen LogP contribution in [0.25, 0.3) is 33.6 Å². The molecule has 2 saturated heterocycles. The molecule has 63 heavy (non-hydrogen) atoms. The van der Waals surface area contributed by atoms with E-state index in [9.17, 15) is 29.1 Å². The number of H-pyrrole nitrogens is 2. The molecule has 2 aliphatic rings. The molecule has 2 aliphatic heterocycles. The lowest BCUT2D eigenvalue weighted by Gasteiger charge is -2.28. The van der Waals surface area contributed by atoms with Gasteiger partial charge in [0.2, 0.25) is 0 Å². The maximum absolute atomic E-state index is 14.0. The lowest BCUT2D eigenvalue weighted by atomic mass is 10.0. The monoisotopic (exact) mass is 850 g/mol. The first kappa shape index (κ1) is 42.0. The second kappa shape index (κ2) is 18.5. The molecule has 0 bridgehead atoms. The minimum Gasteiger partial charge on any atom is -0.476 e. The number of nitrogens with zero attached hydrogens (tertiary/aromatic N) is 4. The first-order valence-electron chi connectivity index (χ1n) is 20.6. The molecule has 6 aromatic rings. The molecular weight excluding hydrogens is 805 g/mol. The van der Waals surface area contributed by atoms with Gasteiger partial charge < -0.3 is 45.0 Å². The maximum atomic E-state index is 14.0. The van der Waals surface area contributed by atoms with Crippen LogP contribution in [0.3, 0.4) is 0 Å². The van der Waals surface area contributed by atoms with Crippen LogP contribution >= 0.6 is 0 Å². The van der Waals surface area contributed by atoms with E-state index in [1.165, 1.54) is 14.2 Å². The second-order valence-corrected chi connectivity index (χ2v) is 15.3. The van der Waals surface area contributed by atoms with Crippen molar-refractivity contribution >= 4 is 30.0 Å². The Labute approximate surface area is 362 Å². The summed E-state index contributed by atoms with van der Waals surface area (Å²) < 4.78 is 9.62. The normalized spacial score (nSPS) is 16.9. The zero-order valence-electron chi connectivity index (χ0n) is 34.6. The van der Waals surface area contributed by atoms with Gasteiger partial charge in [-0.15, -0.1) is 0 Å². The van der Waals surface area contributed by atoms with Crippen LogP contribution in [0.15, 0.2) is 115 Å². The van der Waals surface area contributed by atoms with Crippen LogP contribution in [0.5, 0.6) is 0 Å². The van der Waals surface area contributed by atoms with E-state index >= 15 is 0 Å². The molecule has 322 valence electrons. The lowest BCUT2D eigenvalue weighted by molar-refractivity contribution is -0.135. The Morgan fingerprint density at radius 3 is 1.57 bits per heavy atom. The molecule has 0 saturated carbocycles. The van der Waals surface area contributed by atoms with Crippen molar-refractivity contribution in [3.8, 4) is 33.6 Å². The van der Waals surface area contributed by atoms with Crippen LogP contribution in [0, 0.1) is 0 Å². The van der Waals surface area contributed by atoms with Crippen molar-refractivity contribution in [2.75, 3.05) is 27.3 Å². The number of carboxylic acids is 1. The van der Waals surface area contributed by atoms with Gasteiger partial charge >= 0.3 is 18.2 Å². The summed E-state index contributed by atoms with van der Waals surface area (Å²) in [6.07, 6.45) is 3.02. The van der Waals surface area contributed by atoms with E-state index in [0.717, 1.165) is 28.8 Å². The number of carbonyl (C=O) groups excluding carboxylic acids is 4. The molecule has 4 heterocycles. The summed E-state index contributed by atoms with van der Waals surface area (Å²) in [5.74, 6) is -0.811. The molecule has 0 spiro atoms. The van der Waals surface area contributed by atoms with Crippen LogP contribution in [-0.4, -0.2) is 92.1 Å². The molecule has 8 rings (SSSR count). The predicted octanol–water partition coefficient (Wildman–Crippen LogP) is 7.35. The third-order valence-corrected chi connectivity index (χ3v) is 11.6. The summed E-state index contributed by atoms with van der Waals surface area (Å²) >= 11 is 0. The summed E-state index contributed by atoms with van der Waals surface area (Å²) in [4.78, 5) is 84.1. The average Bonchev–Trinajstić information content (AvgIpc) is 4.17. The third-order valence-electron chi connectivity index (χ3n) is 11.6. The number of likely N-dealkylation sites (tertiary alicyclic amines) is 2. The quantitative estimate of drug-likeness (QED) is 0.0826. The number of hydrogen-bond donors (Lipinski definition) is 5. The third kappa shape index (κ3) is 8.87. The van der Waals surface area contributed by atoms with E-state index in [1.807, 2.05) is 72.8 Å². The van der Waals surface area contributed by atoms with Gasteiger partial charge in [0.1, 0.15) is 23.7 Å². The zero-order valence-corrected chi connectivity index (χ0v) is 34.6. The minimum absolute atomic E-state index is 0.161. The van der Waals surface area contributed by atoms with E-state index in [1.54, 1.807) is 52.4 Å². The number of amides is 4. The highest BCUT2D eigenvalue weighted by Crippen LogP contribution is 2.37. The summed E-state index contributed by atoms with van der Waals surface area (Å²) in [5, 5.41) is 15.5. The molecule has 16 nitrogen and oxygen atoms in total. The number of benzene rings is 4. The van der Waals surface area contributed by atoms with Crippen molar-refractivity contribution in [1.29, 1.82) is 0 Å². The van der Waals surface area contributed by atoms with Gasteiger partial charge in [-0.05, 0) is 53.5 Å². The van der Waals surface area contributed by atoms with Gasteiger partial charge in [-0.25, -0.2) is 24.4 Å². The highest BCUT2D eigenvalue weighted by atomic mass is 16.5. The number of hydrogen-bond acceptors (Lipinski definition) is 9. The molecule has 4 aromatic carbocycles. The number of carbonyl (C=O) groups is 5. The summed E-state index contributed by atoms with van der Waals surface area (Å²) in [5.41, 5.74) is 5.52. The Hall–Kier alpha value is -7.75. The molecule has 0 radical (unpaired) electrons. The Kier molecular flexibility index (Phi) is 12.3. The molecule has 2 fully saturated rings. The standard InChI is InChI=1S/C47H46N8O8/c1-62-46(60)52-38(31-11-5-3-6-12-31)43(56)54-25-9-15-35(54)41-48-27-34(49-41)30-21-17-28(18-22-30)29-19-23-33(24-20-29)37-40(45(58)59)51-42(50-37)36-16-10-26-55(36)44(57)39(53-47(61)63-2)32-13-7-4-8-14-32/h3-8,11-14,17-24,27,35-36,38-39H,9-10,15-16,25-26H2,1-2H3,(H,48,49)(H,50,51)(H,52,60)(H,53,61)(H,58,59)/t35-,36-,38?,39?/m0/s1. The van der Waals surface area contributed by atoms with Gasteiger partial charge in [-0.1, -0.05) is 109 Å².